The molecule has 2 aromatic carbocycles. The molecule has 0 aromatic heterocycles. The molecule has 1 aliphatic heterocycles. The van der Waals surface area contributed by atoms with E-state index < -0.39 is 0 Å². The summed E-state index contributed by atoms with van der Waals surface area (Å²) in [5.41, 5.74) is 10.8. The first kappa shape index (κ1) is 14.1. The normalized spacial score (nSPS) is 18.8. The number of ether oxygens (including phenoxy) is 1. The van der Waals surface area contributed by atoms with Crippen LogP contribution in [-0.4, -0.2) is 20.2 Å². The van der Waals surface area contributed by atoms with Crippen molar-refractivity contribution in [3.05, 3.63) is 65.2 Å². The summed E-state index contributed by atoms with van der Waals surface area (Å²) in [5, 5.41) is 0. The maximum absolute atomic E-state index is 6.09. The minimum absolute atomic E-state index is 0.127. The zero-order chi connectivity index (χ0) is 14.7. The number of hydrogen-bond acceptors (Lipinski definition) is 3. The van der Waals surface area contributed by atoms with Crippen LogP contribution in [-0.2, 0) is 17.7 Å². The lowest BCUT2D eigenvalue weighted by Gasteiger charge is -2.29. The smallest absolute Gasteiger partial charge is 0.0866 e. The highest BCUT2D eigenvalue weighted by molar-refractivity contribution is 5.56. The lowest BCUT2D eigenvalue weighted by atomic mass is 9.97. The standard InChI is InChI=1S/C18H22N2O/c1-20-9-10-21-18(15-5-3-2-4-6-15)12-16-8-7-14(13-19)11-17(16)20/h2-8,11,18H,9-10,12-13,19H2,1H3. The lowest BCUT2D eigenvalue weighted by Crippen LogP contribution is -2.28. The van der Waals surface area contributed by atoms with Gasteiger partial charge in [0.25, 0.3) is 0 Å². The van der Waals surface area contributed by atoms with Crippen molar-refractivity contribution in [3.8, 4) is 0 Å². The van der Waals surface area contributed by atoms with Crippen LogP contribution in [0.3, 0.4) is 0 Å². The van der Waals surface area contributed by atoms with Crippen molar-refractivity contribution < 1.29 is 4.74 Å². The van der Waals surface area contributed by atoms with Gasteiger partial charge in [-0.3, -0.25) is 0 Å². The summed E-state index contributed by atoms with van der Waals surface area (Å²) in [4.78, 5) is 2.26. The van der Waals surface area contributed by atoms with Crippen molar-refractivity contribution in [3.63, 3.8) is 0 Å². The Kier molecular flexibility index (Phi) is 4.23. The van der Waals surface area contributed by atoms with E-state index in [-0.39, 0.29) is 6.10 Å². The number of nitrogens with two attached hydrogens (primary N) is 1. The highest BCUT2D eigenvalue weighted by atomic mass is 16.5. The molecule has 1 heterocycles. The van der Waals surface area contributed by atoms with E-state index in [4.69, 9.17) is 10.5 Å². The van der Waals surface area contributed by atoms with Gasteiger partial charge in [-0.2, -0.15) is 0 Å². The second-order valence-corrected chi connectivity index (χ2v) is 5.56. The first-order valence-corrected chi connectivity index (χ1v) is 7.47. The van der Waals surface area contributed by atoms with E-state index in [1.54, 1.807) is 0 Å². The Hall–Kier alpha value is -1.84. The van der Waals surface area contributed by atoms with Crippen LogP contribution in [0.25, 0.3) is 0 Å². The Morgan fingerprint density at radius 2 is 2.00 bits per heavy atom. The molecule has 0 radical (unpaired) electrons. The topological polar surface area (TPSA) is 38.5 Å². The molecule has 3 nitrogen and oxygen atoms in total. The van der Waals surface area contributed by atoms with Crippen molar-refractivity contribution in [2.45, 2.75) is 19.1 Å². The van der Waals surface area contributed by atoms with Gasteiger partial charge in [-0.05, 0) is 22.8 Å². The van der Waals surface area contributed by atoms with E-state index in [0.29, 0.717) is 6.54 Å². The van der Waals surface area contributed by atoms with Crippen LogP contribution in [0, 0.1) is 0 Å². The lowest BCUT2D eigenvalue weighted by molar-refractivity contribution is 0.0560. The minimum Gasteiger partial charge on any atom is -0.372 e. The van der Waals surface area contributed by atoms with Crippen molar-refractivity contribution in [2.75, 3.05) is 25.1 Å². The molecule has 1 unspecified atom stereocenters. The van der Waals surface area contributed by atoms with Crippen LogP contribution in [0.5, 0.6) is 0 Å². The zero-order valence-electron chi connectivity index (χ0n) is 12.5. The Balaban J connectivity index is 1.94. The largest absolute Gasteiger partial charge is 0.372 e. The number of anilines is 1. The number of likely N-dealkylation sites (N-methyl/N-ethyl adjacent to an activating group) is 1. The van der Waals surface area contributed by atoms with Crippen LogP contribution in [0.4, 0.5) is 5.69 Å². The molecule has 1 atom stereocenters. The monoisotopic (exact) mass is 282 g/mol. The van der Waals surface area contributed by atoms with Gasteiger partial charge >= 0.3 is 0 Å². The van der Waals surface area contributed by atoms with Crippen molar-refractivity contribution in [1.29, 1.82) is 0 Å². The third-order valence-corrected chi connectivity index (χ3v) is 4.12. The highest BCUT2D eigenvalue weighted by Crippen LogP contribution is 2.30. The maximum Gasteiger partial charge on any atom is 0.0866 e. The summed E-state index contributed by atoms with van der Waals surface area (Å²) in [5.74, 6) is 0. The Morgan fingerprint density at radius 3 is 2.76 bits per heavy atom. The number of hydrogen-bond donors (Lipinski definition) is 1. The van der Waals surface area contributed by atoms with E-state index in [1.807, 2.05) is 6.07 Å². The summed E-state index contributed by atoms with van der Waals surface area (Å²) in [6, 6.07) is 17.0. The molecule has 0 bridgehead atoms. The van der Waals surface area contributed by atoms with Gasteiger partial charge in [-0.15, -0.1) is 0 Å². The van der Waals surface area contributed by atoms with Crippen molar-refractivity contribution >= 4 is 5.69 Å². The molecule has 1 aliphatic rings. The average Bonchev–Trinajstić information content (AvgIpc) is 2.53. The fraction of sp³-hybridized carbons (Fsp3) is 0.333. The van der Waals surface area contributed by atoms with E-state index in [9.17, 15) is 0 Å². The predicted octanol–water partition coefficient (Wildman–Crippen LogP) is 2.90. The summed E-state index contributed by atoms with van der Waals surface area (Å²) >= 11 is 0. The van der Waals surface area contributed by atoms with Gasteiger partial charge in [0.15, 0.2) is 0 Å². The first-order chi connectivity index (χ1) is 10.3. The molecule has 3 heteroatoms. The summed E-state index contributed by atoms with van der Waals surface area (Å²) in [7, 11) is 2.12. The first-order valence-electron chi connectivity index (χ1n) is 7.47. The maximum atomic E-state index is 6.09. The van der Waals surface area contributed by atoms with Gasteiger partial charge in [0.05, 0.1) is 12.7 Å². The third kappa shape index (κ3) is 3.09. The number of benzene rings is 2. The van der Waals surface area contributed by atoms with Crippen molar-refractivity contribution in [1.82, 2.24) is 0 Å². The highest BCUT2D eigenvalue weighted by Gasteiger charge is 2.19. The van der Waals surface area contributed by atoms with Gasteiger partial charge in [0.1, 0.15) is 0 Å². The van der Waals surface area contributed by atoms with Gasteiger partial charge in [0.2, 0.25) is 0 Å². The van der Waals surface area contributed by atoms with Crippen molar-refractivity contribution in [2.24, 2.45) is 5.73 Å². The zero-order valence-corrected chi connectivity index (χ0v) is 12.5. The van der Waals surface area contributed by atoms with Gasteiger partial charge in [-0.1, -0.05) is 42.5 Å². The summed E-state index contributed by atoms with van der Waals surface area (Å²) < 4.78 is 6.09. The van der Waals surface area contributed by atoms with E-state index >= 15 is 0 Å². The molecule has 0 amide bonds. The molecule has 21 heavy (non-hydrogen) atoms. The van der Waals surface area contributed by atoms with Crippen LogP contribution in [0.1, 0.15) is 22.8 Å². The number of fused-ring (bicyclic) bond motifs is 1. The predicted molar refractivity (Wildman–Crippen MR) is 86.4 cm³/mol. The average molecular weight is 282 g/mol. The molecule has 0 aliphatic carbocycles. The Morgan fingerprint density at radius 1 is 1.19 bits per heavy atom. The SMILES string of the molecule is CN1CCOC(c2ccccc2)Cc2ccc(CN)cc21. The number of nitrogens with zero attached hydrogens (tertiary/aromatic N) is 1. The summed E-state index contributed by atoms with van der Waals surface area (Å²) in [6.45, 7) is 2.21. The van der Waals surface area contributed by atoms with E-state index in [0.717, 1.165) is 19.6 Å². The van der Waals surface area contributed by atoms with Gasteiger partial charge in [0, 0.05) is 32.2 Å². The molecule has 2 N–H and O–H groups in total. The second kappa shape index (κ2) is 6.29. The molecular formula is C18H22N2O. The molecular weight excluding hydrogens is 260 g/mol. The van der Waals surface area contributed by atoms with E-state index in [2.05, 4.69) is 54.4 Å². The molecule has 0 saturated heterocycles. The Labute approximate surface area is 126 Å². The van der Waals surface area contributed by atoms with Crippen LogP contribution < -0.4 is 10.6 Å². The molecule has 0 saturated carbocycles. The Bertz CT molecular complexity index is 597. The van der Waals surface area contributed by atoms with E-state index in [1.165, 1.54) is 22.4 Å². The molecule has 110 valence electrons. The van der Waals surface area contributed by atoms with Crippen LogP contribution in [0.15, 0.2) is 48.5 Å². The molecule has 0 fully saturated rings. The fourth-order valence-corrected chi connectivity index (χ4v) is 2.86. The minimum atomic E-state index is 0.127. The van der Waals surface area contributed by atoms with Gasteiger partial charge < -0.3 is 15.4 Å². The van der Waals surface area contributed by atoms with Crippen LogP contribution in [0.2, 0.25) is 0 Å². The summed E-state index contributed by atoms with van der Waals surface area (Å²) in [6.07, 6.45) is 1.02. The molecule has 3 rings (SSSR count). The van der Waals surface area contributed by atoms with Gasteiger partial charge in [-0.25, -0.2) is 0 Å². The molecule has 2 aromatic rings. The molecule has 0 spiro atoms. The third-order valence-electron chi connectivity index (χ3n) is 4.12. The second-order valence-electron chi connectivity index (χ2n) is 5.56. The quantitative estimate of drug-likeness (QED) is 0.920. The van der Waals surface area contributed by atoms with Crippen LogP contribution >= 0.6 is 0 Å². The fourth-order valence-electron chi connectivity index (χ4n) is 2.86. The number of rotatable bonds is 2.